The summed E-state index contributed by atoms with van der Waals surface area (Å²) >= 11 is -5.89. The minimum absolute atomic E-state index is 0.299. The van der Waals surface area contributed by atoms with E-state index in [-0.39, 0.29) is 14.3 Å². The zero-order valence-corrected chi connectivity index (χ0v) is 23.1. The van der Waals surface area contributed by atoms with Crippen molar-refractivity contribution in [2.45, 2.75) is 24.7 Å². The Hall–Kier alpha value is -3.16. The van der Waals surface area contributed by atoms with Crippen LogP contribution in [0.4, 0.5) is 52.7 Å². The molecular formula is C28H16F12Sn. The SMILES string of the molecule is FC(F)(F)c1ccc[c]([Sn]([c]2cccc(C(F)(F)F)c2)([c]2cccc(C(F)(F)F)c2)[c]2cccc(C(F)(F)F)c2)c1. The molecule has 0 amide bonds. The zero-order valence-electron chi connectivity index (χ0n) is 20.3. The Balaban J connectivity index is 2.25. The minimum atomic E-state index is -5.89. The van der Waals surface area contributed by atoms with Crippen molar-refractivity contribution < 1.29 is 52.7 Å². The van der Waals surface area contributed by atoms with Crippen LogP contribution in [0.15, 0.2) is 97.1 Å². The maximum atomic E-state index is 13.8. The van der Waals surface area contributed by atoms with Crippen molar-refractivity contribution in [3.8, 4) is 0 Å². The molecule has 0 unspecified atom stereocenters. The molecule has 13 heteroatoms. The molecule has 0 saturated carbocycles. The number of benzene rings is 4. The Morgan fingerprint density at radius 1 is 0.317 bits per heavy atom. The molecule has 0 atom stereocenters. The maximum absolute atomic E-state index is 13.8. The summed E-state index contributed by atoms with van der Waals surface area (Å²) in [4.78, 5) is 0. The fraction of sp³-hybridized carbons (Fsp3) is 0.143. The van der Waals surface area contributed by atoms with Crippen molar-refractivity contribution in [1.82, 2.24) is 0 Å². The quantitative estimate of drug-likeness (QED) is 0.157. The van der Waals surface area contributed by atoms with Gasteiger partial charge in [-0.05, 0) is 0 Å². The topological polar surface area (TPSA) is 0 Å². The molecule has 41 heavy (non-hydrogen) atoms. The molecule has 0 fully saturated rings. The number of alkyl halides is 12. The summed E-state index contributed by atoms with van der Waals surface area (Å²) in [7, 11) is 0. The van der Waals surface area contributed by atoms with E-state index in [0.29, 0.717) is 48.5 Å². The normalized spacial score (nSPS) is 13.4. The number of hydrogen-bond donors (Lipinski definition) is 0. The predicted molar refractivity (Wildman–Crippen MR) is 130 cm³/mol. The van der Waals surface area contributed by atoms with Crippen molar-refractivity contribution in [2.75, 3.05) is 0 Å². The van der Waals surface area contributed by atoms with Crippen molar-refractivity contribution in [2.24, 2.45) is 0 Å². The number of hydrogen-bond acceptors (Lipinski definition) is 0. The predicted octanol–water partition coefficient (Wildman–Crippen LogP) is 7.14. The van der Waals surface area contributed by atoms with Gasteiger partial charge in [0.25, 0.3) is 0 Å². The van der Waals surface area contributed by atoms with Crippen LogP contribution in [0.25, 0.3) is 0 Å². The first-order valence-electron chi connectivity index (χ1n) is 11.6. The monoisotopic (exact) mass is 700 g/mol. The van der Waals surface area contributed by atoms with E-state index in [1.807, 2.05) is 0 Å². The standard InChI is InChI=1S/4C7H4F3.Sn/c4*8-7(9,10)6-4-2-1-3-5-6;/h4*1-2,4-5H;. The summed E-state index contributed by atoms with van der Waals surface area (Å²) in [5, 5.41) is 0. The van der Waals surface area contributed by atoms with Gasteiger partial charge in [0.2, 0.25) is 0 Å². The van der Waals surface area contributed by atoms with E-state index < -0.39 is 65.3 Å². The van der Waals surface area contributed by atoms with Crippen molar-refractivity contribution in [3.05, 3.63) is 119 Å². The van der Waals surface area contributed by atoms with Crippen molar-refractivity contribution in [1.29, 1.82) is 0 Å². The van der Waals surface area contributed by atoms with E-state index in [4.69, 9.17) is 0 Å². The average molecular weight is 699 g/mol. The van der Waals surface area contributed by atoms with Crippen LogP contribution in [-0.4, -0.2) is 18.4 Å². The molecule has 0 radical (unpaired) electrons. The summed E-state index contributed by atoms with van der Waals surface area (Å²) in [6.07, 6.45) is -19.9. The molecule has 0 aromatic heterocycles. The number of halogens is 12. The Morgan fingerprint density at radius 3 is 0.683 bits per heavy atom. The van der Waals surface area contributed by atoms with E-state index >= 15 is 0 Å². The van der Waals surface area contributed by atoms with Gasteiger partial charge in [0, 0.05) is 0 Å². The van der Waals surface area contributed by atoms with Crippen LogP contribution in [0.3, 0.4) is 0 Å². The summed E-state index contributed by atoms with van der Waals surface area (Å²) < 4.78 is 164. The van der Waals surface area contributed by atoms with E-state index in [1.165, 1.54) is 0 Å². The van der Waals surface area contributed by atoms with Gasteiger partial charge in [-0.15, -0.1) is 0 Å². The van der Waals surface area contributed by atoms with E-state index in [1.54, 1.807) is 0 Å². The fourth-order valence-corrected chi connectivity index (χ4v) is 18.6. The Morgan fingerprint density at radius 2 is 0.512 bits per heavy atom. The third kappa shape index (κ3) is 6.21. The number of rotatable bonds is 4. The fourth-order valence-electron chi connectivity index (χ4n) is 4.72. The summed E-state index contributed by atoms with van der Waals surface area (Å²) in [5.74, 6) is 0. The molecule has 0 N–H and O–H groups in total. The Labute approximate surface area is 229 Å². The van der Waals surface area contributed by atoms with E-state index in [2.05, 4.69) is 0 Å². The Bertz CT molecular complexity index is 1310. The third-order valence-electron chi connectivity index (χ3n) is 6.49. The molecule has 0 saturated heterocycles. The molecule has 216 valence electrons. The second kappa shape index (κ2) is 10.6. The van der Waals surface area contributed by atoms with Crippen LogP contribution >= 0.6 is 0 Å². The molecule has 0 heterocycles. The van der Waals surface area contributed by atoms with Crippen LogP contribution < -0.4 is 14.3 Å². The van der Waals surface area contributed by atoms with E-state index in [0.717, 1.165) is 48.5 Å². The van der Waals surface area contributed by atoms with Crippen LogP contribution in [0.2, 0.25) is 0 Å². The molecule has 0 spiro atoms. The summed E-state index contributed by atoms with van der Waals surface area (Å²) in [5.41, 5.74) is -5.05. The average Bonchev–Trinajstić information content (AvgIpc) is 2.88. The van der Waals surface area contributed by atoms with Crippen molar-refractivity contribution in [3.63, 3.8) is 0 Å². The second-order valence-corrected chi connectivity index (χ2v) is 19.9. The van der Waals surface area contributed by atoms with Gasteiger partial charge in [-0.2, -0.15) is 0 Å². The summed E-state index contributed by atoms with van der Waals surface area (Å²) in [6, 6.07) is 13.1. The van der Waals surface area contributed by atoms with Gasteiger partial charge in [0.15, 0.2) is 0 Å². The molecular weight excluding hydrogens is 683 g/mol. The molecule has 0 nitrogen and oxygen atoms in total. The molecule has 4 rings (SSSR count). The molecule has 0 aliphatic heterocycles. The molecule has 4 aromatic carbocycles. The zero-order chi connectivity index (χ0) is 30.4. The van der Waals surface area contributed by atoms with Gasteiger partial charge in [0.05, 0.1) is 0 Å². The first-order valence-corrected chi connectivity index (χ1v) is 17.3. The molecule has 0 aliphatic carbocycles. The third-order valence-corrected chi connectivity index (χ3v) is 19.9. The van der Waals surface area contributed by atoms with Crippen LogP contribution in [-0.2, 0) is 24.7 Å². The molecule has 4 aromatic rings. The molecule has 0 bridgehead atoms. The van der Waals surface area contributed by atoms with E-state index in [9.17, 15) is 52.7 Å². The van der Waals surface area contributed by atoms with Gasteiger partial charge in [0.1, 0.15) is 0 Å². The van der Waals surface area contributed by atoms with Gasteiger partial charge >= 0.3 is 229 Å². The van der Waals surface area contributed by atoms with Gasteiger partial charge in [-0.3, -0.25) is 0 Å². The van der Waals surface area contributed by atoms with Crippen molar-refractivity contribution >= 4 is 32.7 Å². The molecule has 0 aliphatic rings. The summed E-state index contributed by atoms with van der Waals surface area (Å²) in [6.45, 7) is 0. The van der Waals surface area contributed by atoms with Gasteiger partial charge < -0.3 is 0 Å². The first kappa shape index (κ1) is 30.8. The first-order chi connectivity index (χ1) is 18.8. The van der Waals surface area contributed by atoms with Crippen LogP contribution in [0, 0.1) is 0 Å². The van der Waals surface area contributed by atoms with Crippen LogP contribution in [0.1, 0.15) is 22.3 Å². The van der Waals surface area contributed by atoms with Gasteiger partial charge in [-0.1, -0.05) is 0 Å². The van der Waals surface area contributed by atoms with Gasteiger partial charge in [-0.25, -0.2) is 0 Å². The second-order valence-electron chi connectivity index (χ2n) is 9.06. The van der Waals surface area contributed by atoms with Crippen LogP contribution in [0.5, 0.6) is 0 Å². The Kier molecular flexibility index (Phi) is 7.95.